The molecule has 1 N–H and O–H groups in total. The van der Waals surface area contributed by atoms with Gasteiger partial charge in [-0.15, -0.1) is 0 Å². The zero-order chi connectivity index (χ0) is 19.1. The van der Waals surface area contributed by atoms with Crippen LogP contribution in [0.5, 0.6) is 0 Å². The van der Waals surface area contributed by atoms with Gasteiger partial charge in [0, 0.05) is 13.0 Å². The Morgan fingerprint density at radius 2 is 1.78 bits per heavy atom. The molecule has 2 aromatic carbocycles. The highest BCUT2D eigenvalue weighted by molar-refractivity contribution is 8.16. The average Bonchev–Trinajstić information content (AvgIpc) is 2.98. The lowest BCUT2D eigenvalue weighted by Crippen LogP contribution is -2.35. The van der Waals surface area contributed by atoms with E-state index in [1.165, 1.54) is 11.8 Å². The van der Waals surface area contributed by atoms with Crippen molar-refractivity contribution in [3.8, 4) is 0 Å². The molecule has 27 heavy (non-hydrogen) atoms. The molecule has 0 bridgehead atoms. The molecule has 2 aromatic rings. The maximum atomic E-state index is 13.0. The molecule has 1 atom stereocenters. The van der Waals surface area contributed by atoms with Crippen molar-refractivity contribution in [1.29, 1.82) is 0 Å². The zero-order valence-corrected chi connectivity index (χ0v) is 16.1. The van der Waals surface area contributed by atoms with Gasteiger partial charge in [0.1, 0.15) is 5.25 Å². The summed E-state index contributed by atoms with van der Waals surface area (Å²) < 4.78 is 0. The minimum absolute atomic E-state index is 0.0942. The van der Waals surface area contributed by atoms with E-state index in [1.54, 1.807) is 4.90 Å². The van der Waals surface area contributed by atoms with Crippen LogP contribution in [0.3, 0.4) is 0 Å². The maximum Gasteiger partial charge on any atom is 0.247 e. The number of nitrogens with one attached hydrogen (secondary N) is 1. The van der Waals surface area contributed by atoms with Gasteiger partial charge in [-0.1, -0.05) is 61.5 Å². The number of anilines is 1. The van der Waals surface area contributed by atoms with Gasteiger partial charge in [0.15, 0.2) is 5.17 Å². The van der Waals surface area contributed by atoms with Gasteiger partial charge >= 0.3 is 0 Å². The maximum absolute atomic E-state index is 13.0. The number of para-hydroxylation sites is 2. The van der Waals surface area contributed by atoms with E-state index in [2.05, 4.69) is 17.2 Å². The van der Waals surface area contributed by atoms with Gasteiger partial charge in [0.25, 0.3) is 0 Å². The molecule has 1 fully saturated rings. The summed E-state index contributed by atoms with van der Waals surface area (Å²) in [5.41, 5.74) is 1.54. The molecule has 1 unspecified atom stereocenters. The standard InChI is InChI=1S/C21H23N3O2S/c1-2-3-14-22-19(25)15-18-20(26)24(17-12-8-5-9-13-17)21(27-18)23-16-10-6-4-7-11-16/h4-13,18H,2-3,14-15H2,1H3,(H,22,25). The molecule has 140 valence electrons. The van der Waals surface area contributed by atoms with Crippen LogP contribution in [0.4, 0.5) is 11.4 Å². The predicted molar refractivity (Wildman–Crippen MR) is 111 cm³/mol. The third kappa shape index (κ3) is 4.98. The van der Waals surface area contributed by atoms with E-state index in [0.29, 0.717) is 11.7 Å². The van der Waals surface area contributed by atoms with E-state index in [0.717, 1.165) is 24.2 Å². The topological polar surface area (TPSA) is 61.8 Å². The predicted octanol–water partition coefficient (Wildman–Crippen LogP) is 4.13. The monoisotopic (exact) mass is 381 g/mol. The Balaban J connectivity index is 1.82. The summed E-state index contributed by atoms with van der Waals surface area (Å²) in [6, 6.07) is 19.0. The van der Waals surface area contributed by atoms with E-state index in [4.69, 9.17) is 0 Å². The van der Waals surface area contributed by atoms with Crippen LogP contribution >= 0.6 is 11.8 Å². The fourth-order valence-electron chi connectivity index (χ4n) is 2.75. The van der Waals surface area contributed by atoms with E-state index >= 15 is 0 Å². The van der Waals surface area contributed by atoms with Crippen molar-refractivity contribution in [1.82, 2.24) is 5.32 Å². The second-order valence-electron chi connectivity index (χ2n) is 6.25. The molecule has 0 aromatic heterocycles. The molecule has 0 spiro atoms. The number of carbonyl (C=O) groups excluding carboxylic acids is 2. The Bertz CT molecular complexity index is 809. The molecule has 1 saturated heterocycles. The lowest BCUT2D eigenvalue weighted by molar-refractivity contribution is -0.124. The van der Waals surface area contributed by atoms with Crippen molar-refractivity contribution in [2.45, 2.75) is 31.4 Å². The normalized spacial score (nSPS) is 18.1. The Morgan fingerprint density at radius 3 is 2.44 bits per heavy atom. The first kappa shape index (κ1) is 19.2. The number of amidine groups is 1. The molecule has 0 radical (unpaired) electrons. The third-order valence-electron chi connectivity index (χ3n) is 4.15. The number of aliphatic imine (C=N–C) groups is 1. The van der Waals surface area contributed by atoms with Gasteiger partial charge < -0.3 is 5.32 Å². The summed E-state index contributed by atoms with van der Waals surface area (Å²) in [4.78, 5) is 31.5. The quantitative estimate of drug-likeness (QED) is 0.734. The second-order valence-corrected chi connectivity index (χ2v) is 7.42. The number of hydrogen-bond donors (Lipinski definition) is 1. The zero-order valence-electron chi connectivity index (χ0n) is 15.3. The van der Waals surface area contributed by atoms with Crippen LogP contribution in [-0.4, -0.2) is 28.8 Å². The van der Waals surface area contributed by atoms with Crippen LogP contribution in [0.2, 0.25) is 0 Å². The van der Waals surface area contributed by atoms with E-state index in [1.807, 2.05) is 60.7 Å². The first-order chi connectivity index (χ1) is 13.2. The molecule has 1 aliphatic rings. The van der Waals surface area contributed by atoms with Gasteiger partial charge in [-0.05, 0) is 30.7 Å². The summed E-state index contributed by atoms with van der Waals surface area (Å²) in [7, 11) is 0. The molecule has 1 heterocycles. The van der Waals surface area contributed by atoms with Crippen LogP contribution in [0.25, 0.3) is 0 Å². The minimum atomic E-state index is -0.464. The van der Waals surface area contributed by atoms with Crippen LogP contribution in [-0.2, 0) is 9.59 Å². The number of benzene rings is 2. The second kappa shape index (κ2) is 9.37. The summed E-state index contributed by atoms with van der Waals surface area (Å²) in [6.45, 7) is 2.72. The Kier molecular flexibility index (Phi) is 6.65. The van der Waals surface area contributed by atoms with Gasteiger partial charge in [-0.3, -0.25) is 14.5 Å². The highest BCUT2D eigenvalue weighted by Crippen LogP contribution is 2.35. The highest BCUT2D eigenvalue weighted by Gasteiger charge is 2.40. The summed E-state index contributed by atoms with van der Waals surface area (Å²) in [5, 5.41) is 3.02. The number of hydrogen-bond acceptors (Lipinski definition) is 4. The molecule has 3 rings (SSSR count). The number of thioether (sulfide) groups is 1. The lowest BCUT2D eigenvalue weighted by atomic mass is 10.2. The summed E-state index contributed by atoms with van der Waals surface area (Å²) in [6.07, 6.45) is 2.12. The fraction of sp³-hybridized carbons (Fsp3) is 0.286. The SMILES string of the molecule is CCCCNC(=O)CC1SC(=Nc2ccccc2)N(c2ccccc2)C1=O. The first-order valence-corrected chi connectivity index (χ1v) is 10.0. The number of unbranched alkanes of at least 4 members (excludes halogenated alkanes) is 1. The molecule has 5 nitrogen and oxygen atoms in total. The smallest absolute Gasteiger partial charge is 0.247 e. The Labute approximate surface area is 163 Å². The highest BCUT2D eigenvalue weighted by atomic mass is 32.2. The van der Waals surface area contributed by atoms with E-state index in [9.17, 15) is 9.59 Å². The number of carbonyl (C=O) groups is 2. The number of rotatable bonds is 7. The van der Waals surface area contributed by atoms with Crippen molar-refractivity contribution < 1.29 is 9.59 Å². The lowest BCUT2D eigenvalue weighted by Gasteiger charge is -2.16. The van der Waals surface area contributed by atoms with E-state index < -0.39 is 5.25 Å². The van der Waals surface area contributed by atoms with Crippen molar-refractivity contribution >= 4 is 40.1 Å². The van der Waals surface area contributed by atoms with Gasteiger partial charge in [-0.25, -0.2) is 4.99 Å². The summed E-state index contributed by atoms with van der Waals surface area (Å²) >= 11 is 1.35. The van der Waals surface area contributed by atoms with Crippen LogP contribution < -0.4 is 10.2 Å². The number of amides is 2. The fourth-order valence-corrected chi connectivity index (χ4v) is 3.90. The van der Waals surface area contributed by atoms with Crippen LogP contribution in [0.1, 0.15) is 26.2 Å². The van der Waals surface area contributed by atoms with Crippen LogP contribution in [0.15, 0.2) is 65.7 Å². The van der Waals surface area contributed by atoms with Gasteiger partial charge in [-0.2, -0.15) is 0 Å². The van der Waals surface area contributed by atoms with Crippen molar-refractivity contribution in [3.63, 3.8) is 0 Å². The number of nitrogens with zero attached hydrogens (tertiary/aromatic N) is 2. The first-order valence-electron chi connectivity index (χ1n) is 9.15. The molecule has 0 saturated carbocycles. The molecule has 6 heteroatoms. The largest absolute Gasteiger partial charge is 0.356 e. The minimum Gasteiger partial charge on any atom is -0.356 e. The third-order valence-corrected chi connectivity index (χ3v) is 5.29. The van der Waals surface area contributed by atoms with Crippen molar-refractivity contribution in [2.75, 3.05) is 11.4 Å². The van der Waals surface area contributed by atoms with Gasteiger partial charge in [0.2, 0.25) is 11.8 Å². The van der Waals surface area contributed by atoms with Crippen molar-refractivity contribution in [3.05, 3.63) is 60.7 Å². The van der Waals surface area contributed by atoms with Crippen LogP contribution in [0, 0.1) is 0 Å². The molecular weight excluding hydrogens is 358 g/mol. The van der Waals surface area contributed by atoms with Crippen molar-refractivity contribution in [2.24, 2.45) is 4.99 Å². The Morgan fingerprint density at radius 1 is 1.11 bits per heavy atom. The van der Waals surface area contributed by atoms with E-state index in [-0.39, 0.29) is 18.2 Å². The Hall–Kier alpha value is -2.60. The molecule has 2 amide bonds. The molecule has 1 aliphatic heterocycles. The molecular formula is C21H23N3O2S. The van der Waals surface area contributed by atoms with Gasteiger partial charge in [0.05, 0.1) is 11.4 Å². The molecule has 0 aliphatic carbocycles. The summed E-state index contributed by atoms with van der Waals surface area (Å²) in [5.74, 6) is -0.199. The average molecular weight is 382 g/mol.